The molecule has 4 heterocycles. The van der Waals surface area contributed by atoms with Crippen LogP contribution in [-0.2, 0) is 11.3 Å². The monoisotopic (exact) mass is 492 g/mol. The van der Waals surface area contributed by atoms with Crippen LogP contribution < -0.4 is 14.4 Å². The molecule has 0 radical (unpaired) electrons. The van der Waals surface area contributed by atoms with Gasteiger partial charge in [-0.15, -0.1) is 0 Å². The summed E-state index contributed by atoms with van der Waals surface area (Å²) in [5, 5.41) is 1.06. The van der Waals surface area contributed by atoms with Crippen molar-refractivity contribution >= 4 is 32.6 Å². The summed E-state index contributed by atoms with van der Waals surface area (Å²) in [6, 6.07) is 10.6. The van der Waals surface area contributed by atoms with Gasteiger partial charge in [-0.2, -0.15) is 0 Å². The minimum Gasteiger partial charge on any atom is -0.454 e. The molecule has 0 aliphatic carbocycles. The number of carbonyl (C=O) groups is 1. The van der Waals surface area contributed by atoms with Gasteiger partial charge in [0.15, 0.2) is 16.6 Å². The van der Waals surface area contributed by atoms with Crippen LogP contribution in [-0.4, -0.2) is 66.8 Å². The third-order valence-electron chi connectivity index (χ3n) is 7.39. The topological polar surface area (TPSA) is 58.1 Å². The average Bonchev–Trinajstić information content (AvgIpc) is 3.51. The van der Waals surface area contributed by atoms with Crippen molar-refractivity contribution in [2.75, 3.05) is 51.0 Å². The van der Waals surface area contributed by atoms with Crippen molar-refractivity contribution in [3.8, 4) is 11.5 Å². The number of rotatable bonds is 4. The predicted molar refractivity (Wildman–Crippen MR) is 138 cm³/mol. The van der Waals surface area contributed by atoms with E-state index in [9.17, 15) is 4.79 Å². The Balaban J connectivity index is 1.06. The van der Waals surface area contributed by atoms with E-state index in [0.29, 0.717) is 12.7 Å². The number of aromatic nitrogens is 1. The van der Waals surface area contributed by atoms with Crippen LogP contribution in [0.4, 0.5) is 5.13 Å². The number of piperidine rings is 1. The predicted octanol–water partition coefficient (Wildman–Crippen LogP) is 4.20. The first-order valence-corrected chi connectivity index (χ1v) is 13.4. The van der Waals surface area contributed by atoms with Gasteiger partial charge in [-0.05, 0) is 61.6 Å². The smallest absolute Gasteiger partial charge is 0.231 e. The first-order chi connectivity index (χ1) is 17.0. The van der Waals surface area contributed by atoms with Gasteiger partial charge in [-0.25, -0.2) is 4.98 Å². The summed E-state index contributed by atoms with van der Waals surface area (Å²) >= 11 is 1.76. The van der Waals surface area contributed by atoms with E-state index < -0.39 is 0 Å². The quantitative estimate of drug-likeness (QED) is 0.544. The number of nitrogens with zero attached hydrogens (tertiary/aromatic N) is 4. The van der Waals surface area contributed by atoms with Gasteiger partial charge in [0.1, 0.15) is 0 Å². The normalized spacial score (nSPS) is 20.6. The van der Waals surface area contributed by atoms with E-state index in [2.05, 4.69) is 52.8 Å². The Morgan fingerprint density at radius 2 is 1.89 bits per heavy atom. The average molecular weight is 493 g/mol. The van der Waals surface area contributed by atoms with Crippen LogP contribution in [0.5, 0.6) is 11.5 Å². The highest BCUT2D eigenvalue weighted by molar-refractivity contribution is 7.22. The number of thiazole rings is 1. The summed E-state index contributed by atoms with van der Waals surface area (Å²) in [5.41, 5.74) is 4.82. The molecule has 7 nitrogen and oxygen atoms in total. The standard InChI is InChI=1S/C27H32N4O3S/c1-18-12-19(2)25-24(13-18)35-27(28-25)31-7-3-4-21(16-31)26(32)30-10-8-29(9-11-30)15-20-5-6-22-23(14-20)34-17-33-22/h5-6,12-14,21H,3-4,7-11,15-17H2,1-2H3. The number of fused-ring (bicyclic) bond motifs is 2. The molecule has 0 saturated carbocycles. The van der Waals surface area contributed by atoms with Crippen molar-refractivity contribution in [2.45, 2.75) is 33.2 Å². The van der Waals surface area contributed by atoms with Crippen LogP contribution in [0.25, 0.3) is 10.2 Å². The van der Waals surface area contributed by atoms with Crippen LogP contribution in [0.2, 0.25) is 0 Å². The van der Waals surface area contributed by atoms with E-state index in [1.807, 2.05) is 6.07 Å². The minimum atomic E-state index is 0.0546. The van der Waals surface area contributed by atoms with Gasteiger partial charge in [-0.1, -0.05) is 23.5 Å². The second-order valence-corrected chi connectivity index (χ2v) is 11.0. The van der Waals surface area contributed by atoms with Gasteiger partial charge < -0.3 is 19.3 Å². The first-order valence-electron chi connectivity index (χ1n) is 12.6. The summed E-state index contributed by atoms with van der Waals surface area (Å²) < 4.78 is 12.2. The van der Waals surface area contributed by atoms with Crippen LogP contribution in [0.1, 0.15) is 29.5 Å². The molecular formula is C27H32N4O3S. The molecule has 2 saturated heterocycles. The molecule has 1 aromatic heterocycles. The molecule has 35 heavy (non-hydrogen) atoms. The number of hydrogen-bond acceptors (Lipinski definition) is 7. The highest BCUT2D eigenvalue weighted by atomic mass is 32.1. The molecule has 0 N–H and O–H groups in total. The first kappa shape index (κ1) is 22.6. The molecule has 1 unspecified atom stereocenters. The molecule has 6 rings (SSSR count). The van der Waals surface area contributed by atoms with E-state index in [0.717, 1.165) is 80.8 Å². The maximum absolute atomic E-state index is 13.4. The molecule has 0 spiro atoms. The van der Waals surface area contributed by atoms with Crippen LogP contribution >= 0.6 is 11.3 Å². The zero-order chi connectivity index (χ0) is 23.9. The molecular weight excluding hydrogens is 460 g/mol. The molecule has 184 valence electrons. The molecule has 3 aliphatic heterocycles. The van der Waals surface area contributed by atoms with E-state index in [-0.39, 0.29) is 5.92 Å². The van der Waals surface area contributed by atoms with Gasteiger partial charge in [-0.3, -0.25) is 9.69 Å². The molecule has 8 heteroatoms. The molecule has 2 fully saturated rings. The fraction of sp³-hybridized carbons (Fsp3) is 0.481. The van der Waals surface area contributed by atoms with Crippen LogP contribution in [0.15, 0.2) is 30.3 Å². The zero-order valence-electron chi connectivity index (χ0n) is 20.5. The summed E-state index contributed by atoms with van der Waals surface area (Å²) in [5.74, 6) is 2.02. The van der Waals surface area contributed by atoms with Crippen molar-refractivity contribution in [1.29, 1.82) is 0 Å². The third-order valence-corrected chi connectivity index (χ3v) is 8.45. The number of benzene rings is 2. The van der Waals surface area contributed by atoms with Crippen molar-refractivity contribution < 1.29 is 14.3 Å². The Morgan fingerprint density at radius 3 is 2.74 bits per heavy atom. The molecule has 0 bridgehead atoms. The lowest BCUT2D eigenvalue weighted by atomic mass is 9.96. The van der Waals surface area contributed by atoms with Gasteiger partial charge in [0.25, 0.3) is 0 Å². The van der Waals surface area contributed by atoms with Crippen molar-refractivity contribution in [2.24, 2.45) is 5.92 Å². The Bertz CT molecular complexity index is 1250. The highest BCUT2D eigenvalue weighted by Crippen LogP contribution is 2.35. The number of carbonyl (C=O) groups excluding carboxylic acids is 1. The molecule has 1 amide bonds. The number of amides is 1. The highest BCUT2D eigenvalue weighted by Gasteiger charge is 2.32. The second kappa shape index (κ2) is 9.32. The largest absolute Gasteiger partial charge is 0.454 e. The van der Waals surface area contributed by atoms with E-state index in [4.69, 9.17) is 14.5 Å². The lowest BCUT2D eigenvalue weighted by molar-refractivity contribution is -0.137. The van der Waals surface area contributed by atoms with Gasteiger partial charge in [0.2, 0.25) is 12.7 Å². The summed E-state index contributed by atoms with van der Waals surface area (Å²) in [6.07, 6.45) is 2.00. The molecule has 3 aliphatic rings. The Morgan fingerprint density at radius 1 is 1.06 bits per heavy atom. The van der Waals surface area contributed by atoms with E-state index in [1.165, 1.54) is 21.4 Å². The zero-order valence-corrected chi connectivity index (χ0v) is 21.3. The summed E-state index contributed by atoms with van der Waals surface area (Å²) in [7, 11) is 0. The molecule has 1 atom stereocenters. The van der Waals surface area contributed by atoms with Gasteiger partial charge in [0.05, 0.1) is 16.1 Å². The fourth-order valence-electron chi connectivity index (χ4n) is 5.53. The number of hydrogen-bond donors (Lipinski definition) is 0. The Hall–Kier alpha value is -2.84. The van der Waals surface area contributed by atoms with E-state index in [1.54, 1.807) is 11.3 Å². The number of piperazine rings is 1. The molecule has 2 aromatic carbocycles. The Kier molecular flexibility index (Phi) is 6.02. The maximum Gasteiger partial charge on any atom is 0.231 e. The lowest BCUT2D eigenvalue weighted by Gasteiger charge is -2.39. The summed E-state index contributed by atoms with van der Waals surface area (Å²) in [6.45, 7) is 10.6. The minimum absolute atomic E-state index is 0.0546. The Labute approximate surface area is 210 Å². The third kappa shape index (κ3) is 4.57. The SMILES string of the molecule is Cc1cc(C)c2nc(N3CCCC(C(=O)N4CCN(Cc5ccc6c(c5)OCO6)CC4)C3)sc2c1. The van der Waals surface area contributed by atoms with Gasteiger partial charge in [0, 0.05) is 45.8 Å². The number of anilines is 1. The second-order valence-electron chi connectivity index (χ2n) is 10.00. The van der Waals surface area contributed by atoms with Crippen LogP contribution in [0.3, 0.4) is 0 Å². The van der Waals surface area contributed by atoms with Crippen LogP contribution in [0, 0.1) is 19.8 Å². The summed E-state index contributed by atoms with van der Waals surface area (Å²) in [4.78, 5) is 25.2. The van der Waals surface area contributed by atoms with E-state index >= 15 is 0 Å². The maximum atomic E-state index is 13.4. The lowest BCUT2D eigenvalue weighted by Crippen LogP contribution is -2.52. The number of aryl methyl sites for hydroxylation is 2. The fourth-order valence-corrected chi connectivity index (χ4v) is 6.71. The van der Waals surface area contributed by atoms with Gasteiger partial charge >= 0.3 is 0 Å². The number of ether oxygens (including phenoxy) is 2. The molecule has 3 aromatic rings. The van der Waals surface area contributed by atoms with Crippen molar-refractivity contribution in [1.82, 2.24) is 14.8 Å². The van der Waals surface area contributed by atoms with Crippen molar-refractivity contribution in [3.05, 3.63) is 47.0 Å². The van der Waals surface area contributed by atoms with Crippen molar-refractivity contribution in [3.63, 3.8) is 0 Å².